The quantitative estimate of drug-likeness (QED) is 0.467. The van der Waals surface area contributed by atoms with Crippen LogP contribution in [-0.4, -0.2) is 59.3 Å². The second kappa shape index (κ2) is 11.9. The molecule has 2 aromatic carbocycles. The second-order valence-electron chi connectivity index (χ2n) is 9.63. The normalized spacial score (nSPS) is 28.2. The van der Waals surface area contributed by atoms with Crippen LogP contribution in [0.5, 0.6) is 0 Å². The first kappa shape index (κ1) is 27.5. The predicted octanol–water partition coefficient (Wildman–Crippen LogP) is 3.36. The molecule has 1 saturated heterocycles. The van der Waals surface area contributed by atoms with E-state index in [2.05, 4.69) is 5.32 Å². The Bertz CT molecular complexity index is 1030. The number of carbonyl (C=O) groups is 1. The van der Waals surface area contributed by atoms with E-state index >= 15 is 0 Å². The molecule has 0 bridgehead atoms. The van der Waals surface area contributed by atoms with Crippen LogP contribution in [-0.2, 0) is 38.4 Å². The highest BCUT2D eigenvalue weighted by Crippen LogP contribution is 2.36. The maximum absolute atomic E-state index is 13.5. The fourth-order valence-electron chi connectivity index (χ4n) is 4.77. The topological polar surface area (TPSA) is 97.3 Å². The van der Waals surface area contributed by atoms with Gasteiger partial charge < -0.3 is 29.7 Å². The van der Waals surface area contributed by atoms with Gasteiger partial charge in [0.2, 0.25) is 0 Å². The summed E-state index contributed by atoms with van der Waals surface area (Å²) in [5, 5.41) is 24.1. The SMILES string of the molecule is O=C(NC[C@@H]1CCCO1)[C@]1(OCc2cccc(C(F)(F)F)c2)C[C@@H](O)[C@@H](O)[C@@H](OCc2ccccc2)C1. The van der Waals surface area contributed by atoms with E-state index in [1.54, 1.807) is 0 Å². The first-order chi connectivity index (χ1) is 17.7. The fraction of sp³-hybridized carbons (Fsp3) is 0.519. The Morgan fingerprint density at radius 3 is 2.51 bits per heavy atom. The number of hydrogen-bond donors (Lipinski definition) is 3. The van der Waals surface area contributed by atoms with Crippen molar-refractivity contribution in [2.75, 3.05) is 13.2 Å². The van der Waals surface area contributed by atoms with E-state index in [-0.39, 0.29) is 44.3 Å². The van der Waals surface area contributed by atoms with Gasteiger partial charge >= 0.3 is 6.18 Å². The van der Waals surface area contributed by atoms with E-state index in [9.17, 15) is 28.2 Å². The average molecular weight is 524 g/mol. The van der Waals surface area contributed by atoms with Crippen molar-refractivity contribution in [1.82, 2.24) is 5.32 Å². The molecule has 10 heteroatoms. The molecule has 7 nitrogen and oxygen atoms in total. The Kier molecular flexibility index (Phi) is 8.86. The van der Waals surface area contributed by atoms with Crippen LogP contribution in [0, 0.1) is 0 Å². The summed E-state index contributed by atoms with van der Waals surface area (Å²) < 4.78 is 57.1. The van der Waals surface area contributed by atoms with Gasteiger partial charge in [-0.3, -0.25) is 4.79 Å². The highest BCUT2D eigenvalue weighted by Gasteiger charge is 2.51. The van der Waals surface area contributed by atoms with E-state index in [0.717, 1.165) is 30.5 Å². The van der Waals surface area contributed by atoms with Crippen molar-refractivity contribution in [3.05, 3.63) is 71.3 Å². The monoisotopic (exact) mass is 523 g/mol. The first-order valence-corrected chi connectivity index (χ1v) is 12.4. The smallest absolute Gasteiger partial charge is 0.390 e. The molecule has 1 aliphatic heterocycles. The number of ether oxygens (including phenoxy) is 3. The molecule has 2 fully saturated rings. The third-order valence-corrected chi connectivity index (χ3v) is 6.85. The molecule has 0 radical (unpaired) electrons. The zero-order valence-electron chi connectivity index (χ0n) is 20.3. The van der Waals surface area contributed by atoms with E-state index in [4.69, 9.17) is 14.2 Å². The molecule has 1 aliphatic carbocycles. The zero-order chi connectivity index (χ0) is 26.5. The third-order valence-electron chi connectivity index (χ3n) is 6.85. The van der Waals surface area contributed by atoms with Crippen LogP contribution in [0.25, 0.3) is 0 Å². The summed E-state index contributed by atoms with van der Waals surface area (Å²) in [6.07, 6.45) is -6.87. The lowest BCUT2D eigenvalue weighted by Gasteiger charge is -2.44. The number of carbonyl (C=O) groups excluding carboxylic acids is 1. The van der Waals surface area contributed by atoms with Crippen LogP contribution in [0.3, 0.4) is 0 Å². The first-order valence-electron chi connectivity index (χ1n) is 12.4. The van der Waals surface area contributed by atoms with Crippen molar-refractivity contribution in [2.45, 2.75) is 75.1 Å². The van der Waals surface area contributed by atoms with Crippen LogP contribution in [0.4, 0.5) is 13.2 Å². The van der Waals surface area contributed by atoms with Crippen LogP contribution in [0.2, 0.25) is 0 Å². The predicted molar refractivity (Wildman–Crippen MR) is 127 cm³/mol. The Morgan fingerprint density at radius 1 is 1.05 bits per heavy atom. The van der Waals surface area contributed by atoms with Gasteiger partial charge in [0.05, 0.1) is 37.1 Å². The van der Waals surface area contributed by atoms with Crippen LogP contribution < -0.4 is 5.32 Å². The summed E-state index contributed by atoms with van der Waals surface area (Å²) in [6, 6.07) is 13.9. The van der Waals surface area contributed by atoms with Gasteiger partial charge in [-0.1, -0.05) is 42.5 Å². The largest absolute Gasteiger partial charge is 0.416 e. The lowest BCUT2D eigenvalue weighted by Crippen LogP contribution is -2.61. The van der Waals surface area contributed by atoms with Gasteiger partial charge in [-0.05, 0) is 36.1 Å². The van der Waals surface area contributed by atoms with Crippen molar-refractivity contribution in [3.8, 4) is 0 Å². The number of nitrogens with one attached hydrogen (secondary N) is 1. The highest BCUT2D eigenvalue weighted by atomic mass is 19.4. The van der Waals surface area contributed by atoms with Gasteiger partial charge in [0.25, 0.3) is 5.91 Å². The highest BCUT2D eigenvalue weighted by molar-refractivity contribution is 5.85. The second-order valence-corrected chi connectivity index (χ2v) is 9.63. The standard InChI is InChI=1S/C27H32F3NO6/c28-27(29,30)20-9-4-8-19(12-20)17-37-26(25(34)31-15-21-10-5-11-35-21)13-22(32)24(33)23(14-26)36-16-18-6-2-1-3-7-18/h1-4,6-9,12,21-24,32-33H,5,10-11,13-17H2,(H,31,34)/t21-,22+,23-,24+,26-/m0/s1. The van der Waals surface area contributed by atoms with E-state index in [0.29, 0.717) is 6.61 Å². The van der Waals surface area contributed by atoms with Gasteiger partial charge in [0.1, 0.15) is 6.10 Å². The Morgan fingerprint density at radius 2 is 1.81 bits per heavy atom. The molecule has 5 atom stereocenters. The molecule has 1 amide bonds. The number of aliphatic hydroxyl groups excluding tert-OH is 2. The van der Waals surface area contributed by atoms with Crippen LogP contribution >= 0.6 is 0 Å². The van der Waals surface area contributed by atoms with Gasteiger partial charge in [0.15, 0.2) is 5.60 Å². The van der Waals surface area contributed by atoms with Crippen molar-refractivity contribution in [3.63, 3.8) is 0 Å². The molecule has 0 spiro atoms. The summed E-state index contributed by atoms with van der Waals surface area (Å²) in [6.45, 7) is 0.682. The number of halogens is 3. The molecule has 37 heavy (non-hydrogen) atoms. The zero-order valence-corrected chi connectivity index (χ0v) is 20.3. The lowest BCUT2D eigenvalue weighted by atomic mass is 9.78. The molecular weight excluding hydrogens is 491 g/mol. The number of amides is 1. The fourth-order valence-corrected chi connectivity index (χ4v) is 4.77. The Hall–Kier alpha value is -2.50. The molecule has 0 unspecified atom stereocenters. The lowest BCUT2D eigenvalue weighted by molar-refractivity contribution is -0.200. The van der Waals surface area contributed by atoms with E-state index < -0.39 is 41.6 Å². The molecule has 2 aliphatic rings. The molecule has 1 saturated carbocycles. The Balaban J connectivity index is 1.53. The molecule has 3 N–H and O–H groups in total. The molecule has 202 valence electrons. The number of rotatable bonds is 9. The van der Waals surface area contributed by atoms with Gasteiger partial charge in [-0.2, -0.15) is 13.2 Å². The van der Waals surface area contributed by atoms with Crippen molar-refractivity contribution in [2.24, 2.45) is 0 Å². The average Bonchev–Trinajstić information content (AvgIpc) is 3.41. The summed E-state index contributed by atoms with van der Waals surface area (Å²) in [5.41, 5.74) is -1.39. The molecular formula is C27H32F3NO6. The molecule has 0 aromatic heterocycles. The summed E-state index contributed by atoms with van der Waals surface area (Å²) in [5.74, 6) is -0.533. The van der Waals surface area contributed by atoms with E-state index in [1.807, 2.05) is 30.3 Å². The van der Waals surface area contributed by atoms with Crippen LogP contribution in [0.15, 0.2) is 54.6 Å². The van der Waals surface area contributed by atoms with Crippen LogP contribution in [0.1, 0.15) is 42.4 Å². The number of alkyl halides is 3. The number of aliphatic hydroxyl groups is 2. The number of hydrogen-bond acceptors (Lipinski definition) is 6. The van der Waals surface area contributed by atoms with Crippen molar-refractivity contribution >= 4 is 5.91 Å². The Labute approximate surface area is 213 Å². The molecule has 4 rings (SSSR count). The third kappa shape index (κ3) is 7.08. The summed E-state index contributed by atoms with van der Waals surface area (Å²) >= 11 is 0. The van der Waals surface area contributed by atoms with Gasteiger partial charge in [-0.15, -0.1) is 0 Å². The molecule has 1 heterocycles. The van der Waals surface area contributed by atoms with Crippen molar-refractivity contribution < 1.29 is 42.4 Å². The summed E-state index contributed by atoms with van der Waals surface area (Å²) in [7, 11) is 0. The van der Waals surface area contributed by atoms with E-state index in [1.165, 1.54) is 12.1 Å². The van der Waals surface area contributed by atoms with Gasteiger partial charge in [-0.25, -0.2) is 0 Å². The summed E-state index contributed by atoms with van der Waals surface area (Å²) in [4.78, 5) is 13.5. The minimum absolute atomic E-state index is 0.0889. The van der Waals surface area contributed by atoms with Gasteiger partial charge in [0, 0.05) is 26.0 Å². The molecule has 2 aromatic rings. The van der Waals surface area contributed by atoms with Crippen molar-refractivity contribution in [1.29, 1.82) is 0 Å². The minimum Gasteiger partial charge on any atom is -0.390 e. The maximum atomic E-state index is 13.5. The number of benzene rings is 2. The maximum Gasteiger partial charge on any atom is 0.416 e. The minimum atomic E-state index is -4.52.